The molecule has 1 N–H and O–H groups in total. The van der Waals surface area contributed by atoms with Crippen LogP contribution in [0.1, 0.15) is 50.0 Å². The number of nitrogens with one attached hydrogen (secondary N) is 1. The second-order valence-corrected chi connectivity index (χ2v) is 9.57. The number of likely N-dealkylation sites (tertiary alicyclic amines) is 2. The molecule has 2 saturated heterocycles. The number of aryl methyl sites for hydroxylation is 1. The van der Waals surface area contributed by atoms with Crippen molar-refractivity contribution < 1.29 is 9.21 Å². The van der Waals surface area contributed by atoms with Gasteiger partial charge in [-0.1, -0.05) is 24.1 Å². The maximum atomic E-state index is 12.6. The summed E-state index contributed by atoms with van der Waals surface area (Å²) in [7, 11) is 0. The summed E-state index contributed by atoms with van der Waals surface area (Å²) in [5.74, 6) is 1.80. The molecule has 2 fully saturated rings. The van der Waals surface area contributed by atoms with Crippen molar-refractivity contribution in [2.24, 2.45) is 5.92 Å². The zero-order valence-corrected chi connectivity index (χ0v) is 19.9. The van der Waals surface area contributed by atoms with E-state index in [1.54, 1.807) is 0 Å². The molecule has 1 aromatic heterocycles. The normalized spacial score (nSPS) is 18.7. The van der Waals surface area contributed by atoms with E-state index in [-0.39, 0.29) is 11.8 Å². The van der Waals surface area contributed by atoms with Crippen LogP contribution in [0.25, 0.3) is 11.5 Å². The molecule has 0 bridgehead atoms. The lowest BCUT2D eigenvalue weighted by atomic mass is 9.95. The molecule has 0 saturated carbocycles. The Balaban J connectivity index is 1.19. The third kappa shape index (κ3) is 6.33. The van der Waals surface area contributed by atoms with Gasteiger partial charge in [0.05, 0.1) is 5.69 Å². The Morgan fingerprint density at radius 2 is 1.94 bits per heavy atom. The van der Waals surface area contributed by atoms with Crippen molar-refractivity contribution in [3.8, 4) is 11.5 Å². The maximum Gasteiger partial charge on any atom is 0.226 e. The zero-order chi connectivity index (χ0) is 22.3. The minimum absolute atomic E-state index is 0.127. The molecule has 0 atom stereocenters. The number of carbonyl (C=O) groups is 1. The Hall–Kier alpha value is -1.89. The molecule has 7 heteroatoms. The van der Waals surface area contributed by atoms with Crippen molar-refractivity contribution in [3.05, 3.63) is 40.7 Å². The molecule has 1 amide bonds. The van der Waals surface area contributed by atoms with Crippen molar-refractivity contribution in [2.75, 3.05) is 39.3 Å². The SMILES string of the molecule is Cc1oc(-c2cccc(Cl)c2)nc1CN1CCC(C(=O)NCCCN2CCCCC2)CC1. The Morgan fingerprint density at radius 3 is 2.69 bits per heavy atom. The number of hydrogen-bond acceptors (Lipinski definition) is 5. The van der Waals surface area contributed by atoms with Gasteiger partial charge in [0, 0.05) is 29.6 Å². The summed E-state index contributed by atoms with van der Waals surface area (Å²) in [5, 5.41) is 3.84. The van der Waals surface area contributed by atoms with Crippen LogP contribution in [0.5, 0.6) is 0 Å². The van der Waals surface area contributed by atoms with Gasteiger partial charge in [-0.15, -0.1) is 0 Å². The molecule has 1 aromatic carbocycles. The van der Waals surface area contributed by atoms with Crippen molar-refractivity contribution in [1.82, 2.24) is 20.1 Å². The standard InChI is InChI=1S/C25H35ClN4O2/c1-19-23(28-25(32-19)21-7-5-8-22(26)17-21)18-30-15-9-20(10-16-30)24(31)27-11-6-14-29-12-3-2-4-13-29/h5,7-8,17,20H,2-4,6,9-16,18H2,1H3,(H,27,31). The number of carbonyl (C=O) groups excluding carboxylic acids is 1. The first-order chi connectivity index (χ1) is 15.6. The third-order valence-electron chi connectivity index (χ3n) is 6.70. The molecular weight excluding hydrogens is 424 g/mol. The Bertz CT molecular complexity index is 886. The van der Waals surface area contributed by atoms with Gasteiger partial charge in [-0.05, 0) is 90.0 Å². The predicted octanol–water partition coefficient (Wildman–Crippen LogP) is 4.51. The largest absolute Gasteiger partial charge is 0.441 e. The van der Waals surface area contributed by atoms with Gasteiger partial charge in [0.25, 0.3) is 0 Å². The molecule has 6 nitrogen and oxygen atoms in total. The van der Waals surface area contributed by atoms with E-state index in [0.29, 0.717) is 10.9 Å². The number of benzene rings is 1. The quantitative estimate of drug-likeness (QED) is 0.590. The number of hydrogen-bond donors (Lipinski definition) is 1. The highest BCUT2D eigenvalue weighted by atomic mass is 35.5. The minimum atomic E-state index is 0.127. The number of rotatable bonds is 8. The van der Waals surface area contributed by atoms with Crippen LogP contribution in [-0.4, -0.2) is 60.0 Å². The fourth-order valence-electron chi connectivity index (χ4n) is 4.73. The molecular formula is C25H35ClN4O2. The predicted molar refractivity (Wildman–Crippen MR) is 128 cm³/mol. The van der Waals surface area contributed by atoms with Gasteiger partial charge in [0.2, 0.25) is 11.8 Å². The smallest absolute Gasteiger partial charge is 0.226 e. The minimum Gasteiger partial charge on any atom is -0.441 e. The Kier molecular flexibility index (Phi) is 8.22. The number of amides is 1. The van der Waals surface area contributed by atoms with Gasteiger partial charge in [0.15, 0.2) is 0 Å². The molecule has 2 aliphatic rings. The van der Waals surface area contributed by atoms with E-state index >= 15 is 0 Å². The number of oxazole rings is 1. The summed E-state index contributed by atoms with van der Waals surface area (Å²) in [4.78, 5) is 22.2. The molecule has 3 heterocycles. The van der Waals surface area contributed by atoms with Crippen molar-refractivity contribution >= 4 is 17.5 Å². The molecule has 2 aliphatic heterocycles. The highest BCUT2D eigenvalue weighted by molar-refractivity contribution is 6.30. The zero-order valence-electron chi connectivity index (χ0n) is 19.1. The highest BCUT2D eigenvalue weighted by Gasteiger charge is 2.26. The Morgan fingerprint density at radius 1 is 1.16 bits per heavy atom. The molecule has 0 unspecified atom stereocenters. The number of halogens is 1. The Labute approximate surface area is 196 Å². The van der Waals surface area contributed by atoms with Gasteiger partial charge in [-0.3, -0.25) is 9.69 Å². The van der Waals surface area contributed by atoms with Crippen LogP contribution in [0.15, 0.2) is 28.7 Å². The van der Waals surface area contributed by atoms with Crippen LogP contribution in [0.3, 0.4) is 0 Å². The van der Waals surface area contributed by atoms with E-state index < -0.39 is 0 Å². The fraction of sp³-hybridized carbons (Fsp3) is 0.600. The first-order valence-electron chi connectivity index (χ1n) is 12.0. The lowest BCUT2D eigenvalue weighted by molar-refractivity contribution is -0.126. The van der Waals surface area contributed by atoms with Gasteiger partial charge >= 0.3 is 0 Å². The van der Waals surface area contributed by atoms with Crippen molar-refractivity contribution in [1.29, 1.82) is 0 Å². The van der Waals surface area contributed by atoms with E-state index in [1.165, 1.54) is 32.4 Å². The summed E-state index contributed by atoms with van der Waals surface area (Å²) in [6.45, 7) is 8.86. The average Bonchev–Trinajstić information content (AvgIpc) is 3.18. The molecule has 0 radical (unpaired) electrons. The van der Waals surface area contributed by atoms with Gasteiger partial charge in [-0.25, -0.2) is 4.98 Å². The summed E-state index contributed by atoms with van der Waals surface area (Å²) >= 11 is 6.10. The average molecular weight is 459 g/mol. The van der Waals surface area contributed by atoms with Gasteiger partial charge in [-0.2, -0.15) is 0 Å². The summed E-state index contributed by atoms with van der Waals surface area (Å²) < 4.78 is 5.89. The number of nitrogens with zero attached hydrogens (tertiary/aromatic N) is 3. The van der Waals surface area contributed by atoms with Crippen molar-refractivity contribution in [3.63, 3.8) is 0 Å². The monoisotopic (exact) mass is 458 g/mol. The van der Waals surface area contributed by atoms with Crippen LogP contribution in [0.4, 0.5) is 0 Å². The van der Waals surface area contributed by atoms with E-state index in [2.05, 4.69) is 15.1 Å². The van der Waals surface area contributed by atoms with E-state index in [1.807, 2.05) is 31.2 Å². The molecule has 174 valence electrons. The molecule has 0 aliphatic carbocycles. The summed E-state index contributed by atoms with van der Waals surface area (Å²) in [6, 6.07) is 7.57. The van der Waals surface area contributed by atoms with E-state index in [9.17, 15) is 4.79 Å². The van der Waals surface area contributed by atoms with Crippen LogP contribution in [0, 0.1) is 12.8 Å². The first kappa shape index (κ1) is 23.3. The van der Waals surface area contributed by atoms with Crippen LogP contribution >= 0.6 is 11.6 Å². The summed E-state index contributed by atoms with van der Waals surface area (Å²) in [5.41, 5.74) is 1.85. The number of aromatic nitrogens is 1. The highest BCUT2D eigenvalue weighted by Crippen LogP contribution is 2.26. The maximum absolute atomic E-state index is 12.6. The topological polar surface area (TPSA) is 61.6 Å². The van der Waals surface area contributed by atoms with Crippen LogP contribution in [-0.2, 0) is 11.3 Å². The molecule has 0 spiro atoms. The van der Waals surface area contributed by atoms with E-state index in [4.69, 9.17) is 21.0 Å². The van der Waals surface area contributed by atoms with E-state index in [0.717, 1.165) is 69.0 Å². The van der Waals surface area contributed by atoms with Gasteiger partial charge in [0.1, 0.15) is 5.76 Å². The third-order valence-corrected chi connectivity index (χ3v) is 6.93. The first-order valence-corrected chi connectivity index (χ1v) is 12.4. The lowest BCUT2D eigenvalue weighted by Crippen LogP contribution is -2.41. The molecule has 4 rings (SSSR count). The van der Waals surface area contributed by atoms with Crippen molar-refractivity contribution in [2.45, 2.75) is 52.0 Å². The van der Waals surface area contributed by atoms with Crippen LogP contribution < -0.4 is 5.32 Å². The molecule has 2 aromatic rings. The van der Waals surface area contributed by atoms with Gasteiger partial charge < -0.3 is 14.6 Å². The fourth-order valence-corrected chi connectivity index (χ4v) is 4.92. The summed E-state index contributed by atoms with van der Waals surface area (Å²) in [6.07, 6.45) is 6.85. The lowest BCUT2D eigenvalue weighted by Gasteiger charge is -2.31. The number of piperidine rings is 2. The second kappa shape index (κ2) is 11.3. The second-order valence-electron chi connectivity index (χ2n) is 9.13. The van der Waals surface area contributed by atoms with Crippen LogP contribution in [0.2, 0.25) is 5.02 Å². The molecule has 32 heavy (non-hydrogen) atoms.